The van der Waals surface area contributed by atoms with Crippen LogP contribution in [0.15, 0.2) is 77.2 Å². The van der Waals surface area contributed by atoms with E-state index in [2.05, 4.69) is 22.5 Å². The Bertz CT molecular complexity index is 1590. The highest BCUT2D eigenvalue weighted by molar-refractivity contribution is 6.05. The van der Waals surface area contributed by atoms with E-state index >= 15 is 0 Å². The van der Waals surface area contributed by atoms with E-state index in [1.54, 1.807) is 24.3 Å². The van der Waals surface area contributed by atoms with Gasteiger partial charge >= 0.3 is 0 Å². The maximum atomic E-state index is 14.4. The molecular formula is C36H39F2N3O3. The average molecular weight is 600 g/mol. The molecule has 0 spiro atoms. The predicted octanol–water partition coefficient (Wildman–Crippen LogP) is 9.42. The molecule has 2 amide bonds. The van der Waals surface area contributed by atoms with Gasteiger partial charge in [0.1, 0.15) is 0 Å². The summed E-state index contributed by atoms with van der Waals surface area (Å²) in [7, 11) is 0. The Labute approximate surface area is 257 Å². The second-order valence-corrected chi connectivity index (χ2v) is 12.1. The van der Waals surface area contributed by atoms with E-state index in [4.69, 9.17) is 4.42 Å². The fourth-order valence-corrected chi connectivity index (χ4v) is 5.90. The summed E-state index contributed by atoms with van der Waals surface area (Å²) in [5.41, 5.74) is 3.81. The summed E-state index contributed by atoms with van der Waals surface area (Å²) < 4.78 is 34.5. The number of halogens is 2. The Morgan fingerprint density at radius 1 is 0.909 bits per heavy atom. The predicted molar refractivity (Wildman–Crippen MR) is 169 cm³/mol. The number of rotatable bonds is 9. The number of benzene rings is 3. The second-order valence-electron chi connectivity index (χ2n) is 12.1. The van der Waals surface area contributed by atoms with Crippen molar-refractivity contribution in [2.75, 3.05) is 10.6 Å². The Morgan fingerprint density at radius 3 is 2.25 bits per heavy atom. The molecule has 1 aromatic heterocycles. The van der Waals surface area contributed by atoms with Gasteiger partial charge in [-0.1, -0.05) is 75.1 Å². The molecule has 44 heavy (non-hydrogen) atoms. The highest BCUT2D eigenvalue weighted by atomic mass is 19.3. The normalized spacial score (nSPS) is 17.1. The summed E-state index contributed by atoms with van der Waals surface area (Å²) >= 11 is 0. The van der Waals surface area contributed by atoms with Gasteiger partial charge in [0.2, 0.25) is 5.76 Å². The third-order valence-corrected chi connectivity index (χ3v) is 8.37. The summed E-state index contributed by atoms with van der Waals surface area (Å²) in [5.74, 6) is -3.40. The molecule has 0 aliphatic heterocycles. The van der Waals surface area contributed by atoms with Gasteiger partial charge in [0.15, 0.2) is 11.6 Å². The highest BCUT2D eigenvalue weighted by Crippen LogP contribution is 2.33. The zero-order valence-corrected chi connectivity index (χ0v) is 25.5. The first kappa shape index (κ1) is 31.1. The van der Waals surface area contributed by atoms with Crippen LogP contribution in [0.5, 0.6) is 0 Å². The third kappa shape index (κ3) is 7.78. The minimum absolute atomic E-state index is 0.176. The molecule has 5 rings (SSSR count). The summed E-state index contributed by atoms with van der Waals surface area (Å²) in [5, 5.41) is 5.60. The second kappa shape index (κ2) is 13.5. The zero-order valence-electron chi connectivity index (χ0n) is 25.5. The van der Waals surface area contributed by atoms with E-state index in [-0.39, 0.29) is 11.8 Å². The molecule has 2 atom stereocenters. The molecule has 1 fully saturated rings. The number of alkyl halides is 2. The molecule has 0 radical (unpaired) electrons. The molecule has 1 saturated carbocycles. The van der Waals surface area contributed by atoms with Crippen molar-refractivity contribution >= 4 is 23.2 Å². The summed E-state index contributed by atoms with van der Waals surface area (Å²) in [6.45, 7) is 4.93. The van der Waals surface area contributed by atoms with Gasteiger partial charge in [0.05, 0.1) is 0 Å². The van der Waals surface area contributed by atoms with Gasteiger partial charge in [0, 0.05) is 30.3 Å². The van der Waals surface area contributed by atoms with Gasteiger partial charge in [-0.2, -0.15) is 8.78 Å². The number of carbonyl (C=O) groups excluding carboxylic acids is 2. The van der Waals surface area contributed by atoms with Crippen LogP contribution >= 0.6 is 0 Å². The maximum absolute atomic E-state index is 14.4. The van der Waals surface area contributed by atoms with Gasteiger partial charge in [-0.05, 0) is 78.6 Å². The number of amides is 2. The quantitative estimate of drug-likeness (QED) is 0.188. The Morgan fingerprint density at radius 2 is 1.57 bits per heavy atom. The number of hydrogen-bond donors (Lipinski definition) is 2. The number of anilines is 2. The van der Waals surface area contributed by atoms with E-state index in [9.17, 15) is 18.4 Å². The molecule has 4 aromatic rings. The minimum atomic E-state index is -3.32. The first-order chi connectivity index (χ1) is 21.1. The number of hydrogen-bond acceptors (Lipinski definition) is 4. The van der Waals surface area contributed by atoms with Gasteiger partial charge in [0.25, 0.3) is 17.7 Å². The standard InChI is InChI=1S/C36H39F2N3O3/c1-23-8-4-6-10-25(22-23)12-21-31-41-33(36(3,37)38)32(44-31)35(43)39-29-19-17-27(18-20-29)26-13-15-28(16-14-26)34(42)40-30-11-7-5-9-24(30)2/h5,7,9,11,13-20,23,25H,4,6,8,10,12,21-22H2,1-3H3,(H,39,43)(H,40,42). The fourth-order valence-electron chi connectivity index (χ4n) is 5.90. The summed E-state index contributed by atoms with van der Waals surface area (Å²) in [4.78, 5) is 29.8. The molecular weight excluding hydrogens is 560 g/mol. The summed E-state index contributed by atoms with van der Waals surface area (Å²) in [6, 6.07) is 21.8. The Kier molecular flexibility index (Phi) is 9.57. The van der Waals surface area contributed by atoms with Crippen LogP contribution in [0.25, 0.3) is 11.1 Å². The van der Waals surface area contributed by atoms with Crippen molar-refractivity contribution in [3.05, 3.63) is 101 Å². The van der Waals surface area contributed by atoms with Crippen LogP contribution in [0.2, 0.25) is 0 Å². The van der Waals surface area contributed by atoms with Crippen LogP contribution in [0.4, 0.5) is 20.2 Å². The molecule has 8 heteroatoms. The SMILES string of the molecule is Cc1ccccc1NC(=O)c1ccc(-c2ccc(NC(=O)c3oc(CCC4CCCCC(C)C4)nc3C(C)(F)F)cc2)cc1. The van der Waals surface area contributed by atoms with E-state index in [1.807, 2.05) is 55.5 Å². The largest absolute Gasteiger partial charge is 0.435 e. The molecule has 2 N–H and O–H groups in total. The number of nitrogens with one attached hydrogen (secondary N) is 2. The first-order valence-corrected chi connectivity index (χ1v) is 15.3. The van der Waals surface area contributed by atoms with Crippen LogP contribution in [0.1, 0.15) is 90.4 Å². The molecule has 0 bridgehead atoms. The Hall–Kier alpha value is -4.33. The van der Waals surface area contributed by atoms with Crippen LogP contribution in [0, 0.1) is 18.8 Å². The molecule has 1 aliphatic rings. The number of oxazole rings is 1. The van der Waals surface area contributed by atoms with E-state index in [0.29, 0.717) is 29.5 Å². The highest BCUT2D eigenvalue weighted by Gasteiger charge is 2.36. The number of nitrogens with zero attached hydrogens (tertiary/aromatic N) is 1. The van der Waals surface area contributed by atoms with Crippen molar-refractivity contribution in [1.82, 2.24) is 4.98 Å². The molecule has 1 heterocycles. The lowest BCUT2D eigenvalue weighted by molar-refractivity contribution is 0.0115. The van der Waals surface area contributed by atoms with Crippen molar-refractivity contribution in [2.24, 2.45) is 11.8 Å². The lowest BCUT2D eigenvalue weighted by Gasteiger charge is -2.15. The van der Waals surface area contributed by atoms with Gasteiger partial charge < -0.3 is 15.1 Å². The first-order valence-electron chi connectivity index (χ1n) is 15.3. The lowest BCUT2D eigenvalue weighted by Crippen LogP contribution is -2.18. The molecule has 1 aliphatic carbocycles. The van der Waals surface area contributed by atoms with Gasteiger partial charge in [-0.15, -0.1) is 0 Å². The van der Waals surface area contributed by atoms with Crippen LogP contribution < -0.4 is 10.6 Å². The molecule has 230 valence electrons. The summed E-state index contributed by atoms with van der Waals surface area (Å²) in [6.07, 6.45) is 7.12. The number of aryl methyl sites for hydroxylation is 2. The molecule has 2 unspecified atom stereocenters. The number of para-hydroxylation sites is 1. The lowest BCUT2D eigenvalue weighted by atomic mass is 9.91. The van der Waals surface area contributed by atoms with Crippen LogP contribution in [-0.4, -0.2) is 16.8 Å². The van der Waals surface area contributed by atoms with Gasteiger partial charge in [-0.3, -0.25) is 9.59 Å². The molecule has 0 saturated heterocycles. The van der Waals surface area contributed by atoms with E-state index in [1.165, 1.54) is 19.3 Å². The topological polar surface area (TPSA) is 84.2 Å². The van der Waals surface area contributed by atoms with Crippen molar-refractivity contribution in [3.63, 3.8) is 0 Å². The van der Waals surface area contributed by atoms with Crippen molar-refractivity contribution in [1.29, 1.82) is 0 Å². The van der Waals surface area contributed by atoms with Crippen molar-refractivity contribution in [2.45, 2.75) is 71.6 Å². The third-order valence-electron chi connectivity index (χ3n) is 8.37. The fraction of sp³-hybridized carbons (Fsp3) is 0.361. The van der Waals surface area contributed by atoms with Crippen molar-refractivity contribution < 1.29 is 22.8 Å². The van der Waals surface area contributed by atoms with Crippen LogP contribution in [0.3, 0.4) is 0 Å². The molecule has 6 nitrogen and oxygen atoms in total. The smallest absolute Gasteiger partial charge is 0.293 e. The van der Waals surface area contributed by atoms with E-state index in [0.717, 1.165) is 48.6 Å². The zero-order chi connectivity index (χ0) is 31.3. The maximum Gasteiger partial charge on any atom is 0.293 e. The Balaban J connectivity index is 1.23. The average Bonchev–Trinajstić information content (AvgIpc) is 3.34. The monoisotopic (exact) mass is 599 g/mol. The van der Waals surface area contributed by atoms with Crippen LogP contribution in [-0.2, 0) is 12.3 Å². The number of carbonyl (C=O) groups is 2. The van der Waals surface area contributed by atoms with Gasteiger partial charge in [-0.25, -0.2) is 4.98 Å². The van der Waals surface area contributed by atoms with Crippen molar-refractivity contribution in [3.8, 4) is 11.1 Å². The molecule has 3 aromatic carbocycles. The minimum Gasteiger partial charge on any atom is -0.435 e. The van der Waals surface area contributed by atoms with E-state index < -0.39 is 23.3 Å². The number of aromatic nitrogens is 1.